The van der Waals surface area contributed by atoms with E-state index in [4.69, 9.17) is 18.0 Å². The number of aliphatic hydroxyl groups is 1. The molecule has 0 aromatic heterocycles. The molecule has 1 N–H and O–H groups in total. The molecule has 49 heavy (non-hydrogen) atoms. The topological polar surface area (TPSA) is 91.3 Å². The first kappa shape index (κ1) is 47.9. The van der Waals surface area contributed by atoms with E-state index in [0.29, 0.717) is 12.8 Å². The highest BCUT2D eigenvalue weighted by Crippen LogP contribution is 2.41. The molecule has 0 fully saturated rings. The number of ether oxygens (including phenoxy) is 1. The van der Waals surface area contributed by atoms with Crippen LogP contribution in [0.4, 0.5) is 0 Å². The molecule has 0 spiro atoms. The lowest BCUT2D eigenvalue weighted by molar-refractivity contribution is -0.145. The Balaban J connectivity index is 6.39. The van der Waals surface area contributed by atoms with E-state index in [1.54, 1.807) is 13.0 Å². The molecule has 0 amide bonds. The van der Waals surface area contributed by atoms with Gasteiger partial charge in [0.2, 0.25) is 0 Å². The molecular formula is C39H76O7Si3. The van der Waals surface area contributed by atoms with Crippen LogP contribution in [0.5, 0.6) is 0 Å². The summed E-state index contributed by atoms with van der Waals surface area (Å²) >= 11 is 0. The van der Waals surface area contributed by atoms with Gasteiger partial charge >= 0.3 is 5.97 Å². The number of esters is 1. The van der Waals surface area contributed by atoms with Gasteiger partial charge in [-0.2, -0.15) is 0 Å². The van der Waals surface area contributed by atoms with Crippen LogP contribution in [0.3, 0.4) is 0 Å². The fraction of sp³-hybridized carbons (Fsp3) is 0.795. The van der Waals surface area contributed by atoms with Gasteiger partial charge in [0.15, 0.2) is 25.0 Å². The van der Waals surface area contributed by atoms with Gasteiger partial charge in [-0.25, -0.2) is 0 Å². The first-order chi connectivity index (χ1) is 22.1. The summed E-state index contributed by atoms with van der Waals surface area (Å²) < 4.78 is 25.8. The van der Waals surface area contributed by atoms with Crippen molar-refractivity contribution in [1.29, 1.82) is 0 Å². The summed E-state index contributed by atoms with van der Waals surface area (Å²) in [7, 11) is -6.42. The van der Waals surface area contributed by atoms with Crippen LogP contribution in [-0.2, 0) is 27.6 Å². The Bertz CT molecular complexity index is 1090. The summed E-state index contributed by atoms with van der Waals surface area (Å²) in [5, 5.41) is 9.29. The first-order valence-corrected chi connectivity index (χ1v) is 27.1. The number of rotatable bonds is 21. The minimum Gasteiger partial charge on any atom is -0.466 e. The van der Waals surface area contributed by atoms with E-state index in [9.17, 15) is 14.7 Å². The van der Waals surface area contributed by atoms with E-state index in [1.807, 2.05) is 6.08 Å². The van der Waals surface area contributed by atoms with Crippen molar-refractivity contribution in [2.45, 2.75) is 181 Å². The van der Waals surface area contributed by atoms with Crippen molar-refractivity contribution >= 4 is 36.7 Å². The second kappa shape index (κ2) is 20.2. The number of carbonyl (C=O) groups is 2. The fourth-order valence-corrected chi connectivity index (χ4v) is 8.50. The summed E-state index contributed by atoms with van der Waals surface area (Å²) in [5.74, 6) is -0.406. The van der Waals surface area contributed by atoms with Crippen LogP contribution in [-0.4, -0.2) is 73.3 Å². The molecule has 0 unspecified atom stereocenters. The van der Waals surface area contributed by atoms with Gasteiger partial charge in [0.05, 0.1) is 31.5 Å². The van der Waals surface area contributed by atoms with E-state index < -0.39 is 30.9 Å². The third kappa shape index (κ3) is 17.8. The Labute approximate surface area is 305 Å². The molecule has 0 aliphatic heterocycles. The minimum atomic E-state index is -2.24. The SMILES string of the molecule is CCOC(=O)CC(=O)C[C@H](C[C@H](C/C=C/C=C\[C@H](O[Si](C)(C)C(C)(C)C)[C@H](C)C/C=C/CO)O[Si](C)(C)C(C)(C)C)O[Si](C)(C)C(C)(C)C. The Morgan fingerprint density at radius 1 is 0.694 bits per heavy atom. The lowest BCUT2D eigenvalue weighted by Gasteiger charge is -2.42. The van der Waals surface area contributed by atoms with E-state index >= 15 is 0 Å². The average molecular weight is 741 g/mol. The highest BCUT2D eigenvalue weighted by Gasteiger charge is 2.43. The van der Waals surface area contributed by atoms with Crippen LogP contribution in [0.25, 0.3) is 0 Å². The van der Waals surface area contributed by atoms with Gasteiger partial charge in [-0.1, -0.05) is 106 Å². The third-order valence-corrected chi connectivity index (χ3v) is 24.2. The summed E-state index contributed by atoms with van der Waals surface area (Å²) in [6.07, 6.45) is 13.7. The van der Waals surface area contributed by atoms with Crippen LogP contribution in [0.1, 0.15) is 108 Å². The van der Waals surface area contributed by atoms with Crippen molar-refractivity contribution in [1.82, 2.24) is 0 Å². The molecule has 0 aliphatic rings. The Kier molecular flexibility index (Phi) is 19.7. The Morgan fingerprint density at radius 2 is 1.18 bits per heavy atom. The van der Waals surface area contributed by atoms with Crippen LogP contribution in [0.2, 0.25) is 54.4 Å². The monoisotopic (exact) mass is 740 g/mol. The molecule has 0 aromatic rings. The summed E-state index contributed by atoms with van der Waals surface area (Å²) in [5.41, 5.74) is 0. The molecule has 0 rings (SSSR count). The number of ketones is 1. The van der Waals surface area contributed by atoms with Crippen molar-refractivity contribution in [2.75, 3.05) is 13.2 Å². The number of hydrogen-bond donors (Lipinski definition) is 1. The number of hydrogen-bond acceptors (Lipinski definition) is 7. The Morgan fingerprint density at radius 3 is 1.65 bits per heavy atom. The normalized spacial score (nSPS) is 16.8. The number of allylic oxidation sites excluding steroid dienone is 3. The first-order valence-electron chi connectivity index (χ1n) is 18.4. The van der Waals surface area contributed by atoms with Crippen LogP contribution in [0, 0.1) is 5.92 Å². The highest BCUT2D eigenvalue weighted by molar-refractivity contribution is 6.75. The third-order valence-electron chi connectivity index (χ3n) is 10.7. The predicted octanol–water partition coefficient (Wildman–Crippen LogP) is 10.5. The van der Waals surface area contributed by atoms with Gasteiger partial charge in [-0.05, 0) is 86.5 Å². The molecule has 0 bridgehead atoms. The second-order valence-electron chi connectivity index (χ2n) is 18.2. The van der Waals surface area contributed by atoms with Crippen molar-refractivity contribution in [2.24, 2.45) is 5.92 Å². The number of Topliss-reactive ketones (excluding diaryl/α,β-unsaturated/α-hetero) is 1. The molecule has 286 valence electrons. The molecule has 0 saturated carbocycles. The Hall–Kier alpha value is -1.15. The molecule has 10 heteroatoms. The van der Waals surface area contributed by atoms with Crippen molar-refractivity contribution in [3.8, 4) is 0 Å². The standard InChI is InChI=1S/C39H76O7Si3/c1-18-43-36(42)29-32(41)28-34(45-48(14,15)38(6,7)8)30-33(44-47(12,13)37(3,4)5)25-20-19-21-26-35(31(2)24-22-23-27-40)46-49(16,17)39(9,10)11/h19-23,26,31,33-35,40H,18,24-25,27-30H2,1-17H3/b20-19+,23-22+,26-21-/t31-,33+,34-,35+/m1/s1. The molecule has 0 radical (unpaired) electrons. The van der Waals surface area contributed by atoms with Crippen LogP contribution >= 0.6 is 0 Å². The average Bonchev–Trinajstić information content (AvgIpc) is 2.89. The maximum Gasteiger partial charge on any atom is 0.313 e. The molecular weight excluding hydrogens is 665 g/mol. The lowest BCUT2D eigenvalue weighted by Crippen LogP contribution is -2.47. The minimum absolute atomic E-state index is 0.0132. The summed E-state index contributed by atoms with van der Waals surface area (Å²) in [4.78, 5) is 25.3. The van der Waals surface area contributed by atoms with E-state index in [1.165, 1.54) is 0 Å². The largest absolute Gasteiger partial charge is 0.466 e. The molecule has 0 heterocycles. The van der Waals surface area contributed by atoms with Crippen molar-refractivity contribution in [3.63, 3.8) is 0 Å². The van der Waals surface area contributed by atoms with E-state index in [-0.39, 0.29) is 71.2 Å². The zero-order chi connectivity index (χ0) is 38.5. The molecule has 0 aliphatic carbocycles. The summed E-state index contributed by atoms with van der Waals surface area (Å²) in [6, 6.07) is 0. The second-order valence-corrected chi connectivity index (χ2v) is 32.5. The predicted molar refractivity (Wildman–Crippen MR) is 215 cm³/mol. The molecule has 4 atom stereocenters. The fourth-order valence-electron chi connectivity index (χ4n) is 4.41. The number of carbonyl (C=O) groups excluding carboxylic acids is 2. The summed E-state index contributed by atoms with van der Waals surface area (Å²) in [6.45, 7) is 37.8. The smallest absolute Gasteiger partial charge is 0.313 e. The van der Waals surface area contributed by atoms with Crippen molar-refractivity contribution in [3.05, 3.63) is 36.5 Å². The maximum absolute atomic E-state index is 13.1. The number of aliphatic hydroxyl groups excluding tert-OH is 1. The van der Waals surface area contributed by atoms with E-state index in [0.717, 1.165) is 6.42 Å². The maximum atomic E-state index is 13.1. The lowest BCUT2D eigenvalue weighted by atomic mass is 10.00. The van der Waals surface area contributed by atoms with Crippen LogP contribution in [0.15, 0.2) is 36.5 Å². The van der Waals surface area contributed by atoms with Gasteiger partial charge in [0.1, 0.15) is 12.2 Å². The van der Waals surface area contributed by atoms with Gasteiger partial charge in [-0.15, -0.1) is 0 Å². The van der Waals surface area contributed by atoms with Gasteiger partial charge in [-0.3, -0.25) is 9.59 Å². The van der Waals surface area contributed by atoms with E-state index in [2.05, 4.69) is 133 Å². The van der Waals surface area contributed by atoms with Gasteiger partial charge in [0.25, 0.3) is 0 Å². The quantitative estimate of drug-likeness (QED) is 0.0412. The highest BCUT2D eigenvalue weighted by atomic mass is 28.4. The zero-order valence-corrected chi connectivity index (χ0v) is 37.6. The molecule has 0 saturated heterocycles. The van der Waals surface area contributed by atoms with Gasteiger partial charge in [0, 0.05) is 6.42 Å². The van der Waals surface area contributed by atoms with Crippen molar-refractivity contribution < 1.29 is 32.7 Å². The molecule has 7 nitrogen and oxygen atoms in total. The molecule has 0 aromatic carbocycles. The van der Waals surface area contributed by atoms with Crippen LogP contribution < -0.4 is 0 Å². The zero-order valence-electron chi connectivity index (χ0n) is 34.6. The van der Waals surface area contributed by atoms with Gasteiger partial charge < -0.3 is 23.1 Å².